The van der Waals surface area contributed by atoms with E-state index in [4.69, 9.17) is 25.8 Å². The first-order valence-electron chi connectivity index (χ1n) is 6.92. The Balaban J connectivity index is 2.39. The lowest BCUT2D eigenvalue weighted by Crippen LogP contribution is -2.15. The van der Waals surface area contributed by atoms with Gasteiger partial charge < -0.3 is 24.9 Å². The molecule has 1 aromatic carbocycles. The van der Waals surface area contributed by atoms with Crippen LogP contribution in [0.15, 0.2) is 47.3 Å². The third-order valence-electron chi connectivity index (χ3n) is 3.08. The van der Waals surface area contributed by atoms with Crippen LogP contribution in [0.3, 0.4) is 0 Å². The summed E-state index contributed by atoms with van der Waals surface area (Å²) < 4.78 is 12.3. The summed E-state index contributed by atoms with van der Waals surface area (Å²) in [6.45, 7) is 0. The Morgan fingerprint density at radius 3 is 2.76 bits per heavy atom. The van der Waals surface area contributed by atoms with Gasteiger partial charge in [-0.25, -0.2) is 15.3 Å². The van der Waals surface area contributed by atoms with Crippen LogP contribution in [-0.2, 0) is 11.8 Å². The number of benzene rings is 1. The summed E-state index contributed by atoms with van der Waals surface area (Å²) in [6, 6.07) is 4.64. The van der Waals surface area contributed by atoms with Gasteiger partial charge in [-0.1, -0.05) is 5.92 Å². The van der Waals surface area contributed by atoms with Gasteiger partial charge in [-0.05, 0) is 18.1 Å². The van der Waals surface area contributed by atoms with Crippen LogP contribution in [0.5, 0.6) is 11.5 Å². The molecule has 0 unspecified atom stereocenters. The first-order chi connectivity index (χ1) is 12.0. The van der Waals surface area contributed by atoms with Crippen LogP contribution in [0.2, 0.25) is 0 Å². The topological polar surface area (TPSA) is 136 Å². The quantitative estimate of drug-likeness (QED) is 0.326. The third-order valence-corrected chi connectivity index (χ3v) is 3.08. The minimum absolute atomic E-state index is 0.208. The van der Waals surface area contributed by atoms with Crippen molar-refractivity contribution in [2.45, 2.75) is 0 Å². The van der Waals surface area contributed by atoms with Gasteiger partial charge in [0.05, 0.1) is 12.7 Å². The van der Waals surface area contributed by atoms with Gasteiger partial charge in [0.1, 0.15) is 11.5 Å². The van der Waals surface area contributed by atoms with E-state index in [1.165, 1.54) is 19.2 Å². The predicted octanol–water partition coefficient (Wildman–Crippen LogP) is 1.45. The molecule has 9 nitrogen and oxygen atoms in total. The molecule has 128 valence electrons. The molecule has 0 atom stereocenters. The maximum Gasteiger partial charge on any atom is 0.357 e. The van der Waals surface area contributed by atoms with Crippen LogP contribution in [0.25, 0.3) is 0 Å². The number of nitrogens with two attached hydrogens (primary N) is 1. The van der Waals surface area contributed by atoms with Gasteiger partial charge in [-0.2, -0.15) is 0 Å². The van der Waals surface area contributed by atoms with Crippen molar-refractivity contribution in [1.29, 1.82) is 5.53 Å². The Hall–Kier alpha value is -3.80. The van der Waals surface area contributed by atoms with Crippen LogP contribution in [-0.4, -0.2) is 27.7 Å². The summed E-state index contributed by atoms with van der Waals surface area (Å²) in [5.41, 5.74) is 12.1. The lowest BCUT2D eigenvalue weighted by atomic mass is 10.2. The Bertz CT molecular complexity index is 905. The number of ether oxygens (including phenoxy) is 2. The molecule has 4 N–H and O–H groups in total. The van der Waals surface area contributed by atoms with Gasteiger partial charge >= 0.3 is 5.97 Å². The molecule has 0 bridgehead atoms. The van der Waals surface area contributed by atoms with E-state index >= 15 is 0 Å². The van der Waals surface area contributed by atoms with Crippen molar-refractivity contribution in [2.75, 3.05) is 7.11 Å². The van der Waals surface area contributed by atoms with Crippen LogP contribution < -0.4 is 15.2 Å². The van der Waals surface area contributed by atoms with E-state index in [0.717, 1.165) is 0 Å². The fourth-order valence-corrected chi connectivity index (χ4v) is 1.80. The Kier molecular flexibility index (Phi) is 5.37. The summed E-state index contributed by atoms with van der Waals surface area (Å²) in [5.74, 6) is 5.11. The van der Waals surface area contributed by atoms with Crippen LogP contribution >= 0.6 is 0 Å². The number of hydrogen-bond donors (Lipinski definition) is 3. The van der Waals surface area contributed by atoms with Crippen molar-refractivity contribution < 1.29 is 19.4 Å². The molecule has 0 radical (unpaired) electrons. The van der Waals surface area contributed by atoms with Crippen LogP contribution in [0, 0.1) is 17.4 Å². The number of nitrogens with zero attached hydrogens (tertiary/aromatic N) is 3. The standard InChI is InChI=1S/C16H15N5O4/c1-21-8-7-19-13(21)6-3-10-9-11(4-5-12(10)24-2)25-15(20-18)14(17)16(22)23/h4-5,7-9,18H,17H2,1-2H3,(H,22,23)/b15-14+,20-18?. The zero-order valence-corrected chi connectivity index (χ0v) is 13.5. The maximum atomic E-state index is 10.9. The summed E-state index contributed by atoms with van der Waals surface area (Å²) in [5, 5.41) is 11.9. The maximum absolute atomic E-state index is 10.9. The number of carboxylic acid groups (broad SMARTS) is 1. The molecule has 2 rings (SSSR count). The summed E-state index contributed by atoms with van der Waals surface area (Å²) >= 11 is 0. The van der Waals surface area contributed by atoms with Crippen molar-refractivity contribution in [1.82, 2.24) is 9.55 Å². The lowest BCUT2D eigenvalue weighted by molar-refractivity contribution is -0.132. The van der Waals surface area contributed by atoms with Crippen molar-refractivity contribution in [3.05, 3.63) is 53.6 Å². The van der Waals surface area contributed by atoms with Crippen molar-refractivity contribution in [3.63, 3.8) is 0 Å². The summed E-state index contributed by atoms with van der Waals surface area (Å²) in [6.07, 6.45) is 3.39. The highest BCUT2D eigenvalue weighted by molar-refractivity contribution is 5.85. The monoisotopic (exact) mass is 341 g/mol. The molecule has 1 aromatic heterocycles. The van der Waals surface area contributed by atoms with E-state index in [1.807, 2.05) is 7.05 Å². The smallest absolute Gasteiger partial charge is 0.357 e. The molecular weight excluding hydrogens is 326 g/mol. The van der Waals surface area contributed by atoms with E-state index in [-0.39, 0.29) is 5.75 Å². The average Bonchev–Trinajstić information content (AvgIpc) is 3.02. The molecule has 0 aliphatic carbocycles. The fraction of sp³-hybridized carbons (Fsp3) is 0.125. The first-order valence-corrected chi connectivity index (χ1v) is 6.92. The van der Waals surface area contributed by atoms with E-state index in [9.17, 15) is 4.79 Å². The fourth-order valence-electron chi connectivity index (χ4n) is 1.80. The minimum Gasteiger partial charge on any atom is -0.495 e. The number of carboxylic acids is 1. The molecule has 0 fully saturated rings. The van der Waals surface area contributed by atoms with E-state index in [2.05, 4.69) is 21.9 Å². The molecule has 0 aliphatic rings. The van der Waals surface area contributed by atoms with Gasteiger partial charge in [0, 0.05) is 25.5 Å². The number of aryl methyl sites for hydroxylation is 1. The molecule has 0 saturated heterocycles. The van der Waals surface area contributed by atoms with Crippen molar-refractivity contribution in [3.8, 4) is 23.3 Å². The number of aromatic nitrogens is 2. The second kappa shape index (κ2) is 7.65. The Morgan fingerprint density at radius 1 is 1.44 bits per heavy atom. The van der Waals surface area contributed by atoms with E-state index in [1.54, 1.807) is 23.0 Å². The number of rotatable bonds is 5. The van der Waals surface area contributed by atoms with E-state index in [0.29, 0.717) is 17.1 Å². The molecular formula is C16H15N5O4. The number of methoxy groups -OCH3 is 1. The van der Waals surface area contributed by atoms with Crippen molar-refractivity contribution >= 4 is 5.97 Å². The highest BCUT2D eigenvalue weighted by Crippen LogP contribution is 2.25. The normalized spacial score (nSPS) is 11.0. The average molecular weight is 341 g/mol. The minimum atomic E-state index is -1.44. The number of hydrogen-bond acceptors (Lipinski definition) is 7. The second-order valence-corrected chi connectivity index (χ2v) is 4.71. The first kappa shape index (κ1) is 17.6. The highest BCUT2D eigenvalue weighted by atomic mass is 16.5. The van der Waals surface area contributed by atoms with Gasteiger partial charge in [-0.3, -0.25) is 0 Å². The van der Waals surface area contributed by atoms with E-state index < -0.39 is 17.5 Å². The molecule has 0 amide bonds. The van der Waals surface area contributed by atoms with Gasteiger partial charge in [0.25, 0.3) is 5.88 Å². The Morgan fingerprint density at radius 2 is 2.20 bits per heavy atom. The number of carbonyl (C=O) groups is 1. The van der Waals surface area contributed by atoms with Gasteiger partial charge in [0.2, 0.25) is 0 Å². The lowest BCUT2D eigenvalue weighted by Gasteiger charge is -2.09. The second-order valence-electron chi connectivity index (χ2n) is 4.71. The van der Waals surface area contributed by atoms with Crippen LogP contribution in [0.1, 0.15) is 11.4 Å². The van der Waals surface area contributed by atoms with Crippen LogP contribution in [0.4, 0.5) is 0 Å². The molecule has 25 heavy (non-hydrogen) atoms. The van der Waals surface area contributed by atoms with Crippen molar-refractivity contribution in [2.24, 2.45) is 17.9 Å². The number of imidazole rings is 1. The largest absolute Gasteiger partial charge is 0.495 e. The Labute approximate surface area is 143 Å². The SMILES string of the molecule is COc1ccc(O/C(N=N)=C(/N)C(=O)O)cc1C#Cc1nccn1C. The molecule has 0 saturated carbocycles. The zero-order chi connectivity index (χ0) is 18.4. The molecule has 1 heterocycles. The van der Waals surface area contributed by atoms with Gasteiger partial charge in [0.15, 0.2) is 11.5 Å². The number of nitrogens with one attached hydrogen (secondary N) is 1. The molecule has 0 aliphatic heterocycles. The summed E-state index contributed by atoms with van der Waals surface area (Å²) in [4.78, 5) is 15.0. The highest BCUT2D eigenvalue weighted by Gasteiger charge is 2.13. The molecule has 2 aromatic rings. The zero-order valence-electron chi connectivity index (χ0n) is 13.5. The molecule has 9 heteroatoms. The number of aliphatic carboxylic acids is 1. The van der Waals surface area contributed by atoms with Gasteiger partial charge in [-0.15, -0.1) is 5.11 Å². The third kappa shape index (κ3) is 4.14. The summed E-state index contributed by atoms with van der Waals surface area (Å²) in [7, 11) is 3.31. The molecule has 0 spiro atoms. The predicted molar refractivity (Wildman–Crippen MR) is 86.8 cm³/mol.